The number of aromatic nitrogens is 1. The van der Waals surface area contributed by atoms with Gasteiger partial charge < -0.3 is 9.47 Å². The molecule has 0 radical (unpaired) electrons. The van der Waals surface area contributed by atoms with Crippen LogP contribution in [0.15, 0.2) is 36.4 Å². The monoisotopic (exact) mass is 439 g/mol. The molecule has 0 bridgehead atoms. The van der Waals surface area contributed by atoms with Crippen LogP contribution < -0.4 is 9.47 Å². The molecule has 1 heterocycles. The third-order valence-corrected chi connectivity index (χ3v) is 5.99. The molecule has 0 N–H and O–H groups in total. The molecule has 1 aromatic heterocycles. The summed E-state index contributed by atoms with van der Waals surface area (Å²) in [7, 11) is 0. The highest BCUT2D eigenvalue weighted by Gasteiger charge is 2.12. The van der Waals surface area contributed by atoms with Crippen molar-refractivity contribution in [1.29, 1.82) is 0 Å². The summed E-state index contributed by atoms with van der Waals surface area (Å²) in [4.78, 5) is 4.64. The van der Waals surface area contributed by atoms with E-state index in [9.17, 15) is 0 Å². The Balaban J connectivity index is 1.59. The molecular weight excluding hydrogens is 401 g/mol. The molecule has 2 aromatic carbocycles. The first-order valence-corrected chi connectivity index (χ1v) is 12.5. The molecule has 0 fully saturated rings. The van der Waals surface area contributed by atoms with Crippen molar-refractivity contribution in [3.8, 4) is 11.6 Å². The molecule has 0 aliphatic rings. The highest BCUT2D eigenvalue weighted by Crippen LogP contribution is 2.32. The van der Waals surface area contributed by atoms with Crippen molar-refractivity contribution in [2.45, 2.75) is 84.5 Å². The zero-order valence-electron chi connectivity index (χ0n) is 19.8. The first-order valence-electron chi connectivity index (χ1n) is 12.5. The summed E-state index contributed by atoms with van der Waals surface area (Å²) in [5.74, 6) is 0.672. The highest BCUT2D eigenvalue weighted by atomic mass is 19.1. The lowest BCUT2D eigenvalue weighted by Crippen LogP contribution is -2.00. The maximum Gasteiger partial charge on any atom is 0.213 e. The Bertz CT molecular complexity index is 972. The molecule has 3 aromatic rings. The molecule has 0 unspecified atom stereocenters. The van der Waals surface area contributed by atoms with Crippen molar-refractivity contribution < 1.29 is 13.9 Å². The third-order valence-electron chi connectivity index (χ3n) is 5.99. The Hall–Kier alpha value is -2.36. The second-order valence-corrected chi connectivity index (χ2v) is 8.63. The van der Waals surface area contributed by atoms with Crippen LogP contribution in [0.5, 0.6) is 11.6 Å². The van der Waals surface area contributed by atoms with Crippen molar-refractivity contribution in [3.63, 3.8) is 0 Å². The lowest BCUT2D eigenvalue weighted by atomic mass is 10.0. The van der Waals surface area contributed by atoms with E-state index in [2.05, 4.69) is 18.8 Å². The van der Waals surface area contributed by atoms with E-state index < -0.39 is 0 Å². The van der Waals surface area contributed by atoms with Crippen molar-refractivity contribution in [1.82, 2.24) is 4.98 Å². The van der Waals surface area contributed by atoms with Crippen LogP contribution in [0.2, 0.25) is 0 Å². The van der Waals surface area contributed by atoms with E-state index in [1.807, 2.05) is 24.3 Å². The summed E-state index contributed by atoms with van der Waals surface area (Å²) in [5, 5.41) is 2.35. The summed E-state index contributed by atoms with van der Waals surface area (Å²) in [5.41, 5.74) is 0.821. The van der Waals surface area contributed by atoms with Crippen LogP contribution in [-0.2, 0) is 0 Å². The number of ether oxygens (including phenoxy) is 2. The maximum atomic E-state index is 15.0. The third kappa shape index (κ3) is 6.82. The topological polar surface area (TPSA) is 31.4 Å². The molecule has 0 aliphatic carbocycles. The van der Waals surface area contributed by atoms with E-state index in [0.29, 0.717) is 30.2 Å². The minimum Gasteiger partial charge on any atom is -0.490 e. The Morgan fingerprint density at radius 1 is 0.625 bits per heavy atom. The largest absolute Gasteiger partial charge is 0.490 e. The van der Waals surface area contributed by atoms with Gasteiger partial charge in [0.15, 0.2) is 11.6 Å². The molecular formula is C28H38FNO2. The fourth-order valence-corrected chi connectivity index (χ4v) is 4.08. The van der Waals surface area contributed by atoms with Crippen molar-refractivity contribution >= 4 is 21.7 Å². The van der Waals surface area contributed by atoms with Gasteiger partial charge in [-0.3, -0.25) is 0 Å². The summed E-state index contributed by atoms with van der Waals surface area (Å²) in [6.45, 7) is 5.66. The number of pyridine rings is 1. The van der Waals surface area contributed by atoms with E-state index in [1.54, 1.807) is 12.1 Å². The van der Waals surface area contributed by atoms with Crippen LogP contribution in [0.1, 0.15) is 84.5 Å². The van der Waals surface area contributed by atoms with Gasteiger partial charge in [-0.2, -0.15) is 0 Å². The van der Waals surface area contributed by atoms with Gasteiger partial charge in [0.2, 0.25) is 5.88 Å². The molecule has 3 rings (SSSR count). The minimum atomic E-state index is -0.292. The van der Waals surface area contributed by atoms with Crippen LogP contribution >= 0.6 is 0 Å². The van der Waals surface area contributed by atoms with E-state index in [-0.39, 0.29) is 5.82 Å². The summed E-state index contributed by atoms with van der Waals surface area (Å²) in [6.07, 6.45) is 13.2. The predicted octanol–water partition coefficient (Wildman–Crippen LogP) is 8.62. The second kappa shape index (κ2) is 13.2. The summed E-state index contributed by atoms with van der Waals surface area (Å²) >= 11 is 0. The predicted molar refractivity (Wildman–Crippen MR) is 132 cm³/mol. The van der Waals surface area contributed by atoms with Gasteiger partial charge in [-0.25, -0.2) is 9.37 Å². The van der Waals surface area contributed by atoms with Gasteiger partial charge in [-0.05, 0) is 48.6 Å². The molecule has 0 atom stereocenters. The van der Waals surface area contributed by atoms with E-state index in [1.165, 1.54) is 51.4 Å². The molecule has 4 heteroatoms. The average molecular weight is 440 g/mol. The second-order valence-electron chi connectivity index (χ2n) is 8.63. The standard InChI is InChI=1S/C28H38FNO2/c1-3-5-7-9-10-11-13-21-32-27-19-16-23-22-15-18-26(31-20-12-8-6-4-2)28(29)24(22)14-17-25(23)30-27/h14-19H,3-13,20-21H2,1-2H3. The van der Waals surface area contributed by atoms with Gasteiger partial charge in [0.05, 0.1) is 18.7 Å². The highest BCUT2D eigenvalue weighted by molar-refractivity contribution is 6.06. The lowest BCUT2D eigenvalue weighted by Gasteiger charge is -2.11. The zero-order valence-corrected chi connectivity index (χ0v) is 19.8. The number of hydrogen-bond donors (Lipinski definition) is 0. The number of benzene rings is 2. The van der Waals surface area contributed by atoms with E-state index >= 15 is 4.39 Å². The molecule has 32 heavy (non-hydrogen) atoms. The number of rotatable bonds is 15. The average Bonchev–Trinajstić information content (AvgIpc) is 2.81. The number of hydrogen-bond acceptors (Lipinski definition) is 3. The van der Waals surface area contributed by atoms with Gasteiger partial charge in [-0.15, -0.1) is 0 Å². The fraction of sp³-hybridized carbons (Fsp3) is 0.536. The van der Waals surface area contributed by atoms with Gasteiger partial charge in [0.1, 0.15) is 0 Å². The molecule has 174 valence electrons. The van der Waals surface area contributed by atoms with Crippen molar-refractivity contribution in [2.24, 2.45) is 0 Å². The summed E-state index contributed by atoms with van der Waals surface area (Å²) < 4.78 is 26.6. The number of nitrogens with zero attached hydrogens (tertiary/aromatic N) is 1. The van der Waals surface area contributed by atoms with Gasteiger partial charge in [0, 0.05) is 16.8 Å². The zero-order chi connectivity index (χ0) is 22.6. The lowest BCUT2D eigenvalue weighted by molar-refractivity contribution is 0.292. The number of halogens is 1. The number of unbranched alkanes of at least 4 members (excludes halogenated alkanes) is 9. The van der Waals surface area contributed by atoms with Gasteiger partial charge in [0.25, 0.3) is 0 Å². The Kier molecular flexibility index (Phi) is 10.1. The molecule has 0 saturated heterocycles. The molecule has 0 spiro atoms. The fourth-order valence-electron chi connectivity index (χ4n) is 4.08. The minimum absolute atomic E-state index is 0.292. The van der Waals surface area contributed by atoms with Crippen molar-refractivity contribution in [2.75, 3.05) is 13.2 Å². The quantitative estimate of drug-likeness (QED) is 0.175. The first kappa shape index (κ1) is 24.3. The summed E-state index contributed by atoms with van der Waals surface area (Å²) in [6, 6.07) is 11.2. The first-order chi connectivity index (χ1) is 15.7. The van der Waals surface area contributed by atoms with E-state index in [4.69, 9.17) is 9.47 Å². The smallest absolute Gasteiger partial charge is 0.213 e. The molecule has 0 saturated carbocycles. The van der Waals surface area contributed by atoms with Crippen LogP contribution in [-0.4, -0.2) is 18.2 Å². The normalized spacial score (nSPS) is 11.3. The Morgan fingerprint density at radius 3 is 1.97 bits per heavy atom. The van der Waals surface area contributed by atoms with Crippen LogP contribution in [0, 0.1) is 5.82 Å². The van der Waals surface area contributed by atoms with Gasteiger partial charge >= 0.3 is 0 Å². The maximum absolute atomic E-state index is 15.0. The van der Waals surface area contributed by atoms with Gasteiger partial charge in [-0.1, -0.05) is 71.6 Å². The SMILES string of the molecule is CCCCCCCCCOc1ccc2c(ccc3c(F)c(OCCCCCC)ccc32)n1. The Labute approximate surface area is 192 Å². The van der Waals surface area contributed by atoms with Crippen LogP contribution in [0.25, 0.3) is 21.7 Å². The molecule has 0 aliphatic heterocycles. The van der Waals surface area contributed by atoms with Crippen LogP contribution in [0.4, 0.5) is 4.39 Å². The Morgan fingerprint density at radius 2 is 1.22 bits per heavy atom. The molecule has 3 nitrogen and oxygen atoms in total. The van der Waals surface area contributed by atoms with Crippen LogP contribution in [0.3, 0.4) is 0 Å². The van der Waals surface area contributed by atoms with Crippen molar-refractivity contribution in [3.05, 3.63) is 42.2 Å². The van der Waals surface area contributed by atoms with E-state index in [0.717, 1.165) is 35.6 Å². The number of fused-ring (bicyclic) bond motifs is 3. The molecule has 0 amide bonds.